The van der Waals surface area contributed by atoms with E-state index < -0.39 is 24.9 Å². The summed E-state index contributed by atoms with van der Waals surface area (Å²) < 4.78 is 29.1. The lowest BCUT2D eigenvalue weighted by Crippen LogP contribution is -2.48. The zero-order chi connectivity index (χ0) is 30.5. The number of imidazole rings is 1. The minimum absolute atomic E-state index is 0.0715. The number of benzene rings is 1. The molecule has 1 aliphatic carbocycles. The number of carboxylic acid groups (broad SMARTS) is 1. The normalized spacial score (nSPS) is 18.8. The summed E-state index contributed by atoms with van der Waals surface area (Å²) in [6, 6.07) is 8.68. The molecule has 0 radical (unpaired) electrons. The van der Waals surface area contributed by atoms with Crippen molar-refractivity contribution < 1.29 is 33.4 Å². The van der Waals surface area contributed by atoms with Crippen molar-refractivity contribution in [2.45, 2.75) is 38.0 Å². The van der Waals surface area contributed by atoms with Gasteiger partial charge in [0.05, 0.1) is 35.1 Å². The number of alkyl halides is 1. The summed E-state index contributed by atoms with van der Waals surface area (Å²) in [6.45, 7) is 0.735. The average Bonchev–Trinajstić information content (AvgIpc) is 3.48. The lowest BCUT2D eigenvalue weighted by atomic mass is 10.0. The van der Waals surface area contributed by atoms with Gasteiger partial charge in [-0.15, -0.1) is 0 Å². The minimum atomic E-state index is -1.34. The lowest BCUT2D eigenvalue weighted by molar-refractivity contribution is 0.0712. The highest BCUT2D eigenvalue weighted by atomic mass is 19.1. The van der Waals surface area contributed by atoms with Crippen LogP contribution < -0.4 is 15.4 Å². The van der Waals surface area contributed by atoms with Crippen molar-refractivity contribution >= 4 is 40.2 Å². The Labute approximate surface area is 250 Å². The van der Waals surface area contributed by atoms with Gasteiger partial charge in [-0.25, -0.2) is 23.9 Å². The fraction of sp³-hybridized carbons (Fsp3) is 0.433. The first-order valence-electron chi connectivity index (χ1n) is 14.7. The van der Waals surface area contributed by atoms with E-state index in [1.54, 1.807) is 6.07 Å². The van der Waals surface area contributed by atoms with Crippen LogP contribution in [0.2, 0.25) is 0 Å². The molecule has 3 amide bonds. The van der Waals surface area contributed by atoms with Crippen LogP contribution in [0.4, 0.5) is 14.0 Å². The van der Waals surface area contributed by atoms with E-state index in [1.807, 2.05) is 29.8 Å². The van der Waals surface area contributed by atoms with Gasteiger partial charge in [-0.2, -0.15) is 0 Å². The SMILES string of the molecule is Cn1c(-c2cc3cccc(OC[C@@H]4CNC(=O)O4)c3n2CC2CC2)nc2cc3c(nc21)CCN(CC(CF)NC(=O)O)C3=O. The Balaban J connectivity index is 1.24. The summed E-state index contributed by atoms with van der Waals surface area (Å²) in [5.74, 6) is 1.61. The third-order valence-corrected chi connectivity index (χ3v) is 8.44. The summed E-state index contributed by atoms with van der Waals surface area (Å²) in [5.41, 5.74) is 4.05. The van der Waals surface area contributed by atoms with Gasteiger partial charge in [0.15, 0.2) is 17.6 Å². The van der Waals surface area contributed by atoms with Crippen LogP contribution in [0.25, 0.3) is 33.6 Å². The van der Waals surface area contributed by atoms with Gasteiger partial charge >= 0.3 is 12.2 Å². The van der Waals surface area contributed by atoms with Crippen LogP contribution in [-0.2, 0) is 24.8 Å². The van der Waals surface area contributed by atoms with Crippen molar-refractivity contribution in [3.05, 3.63) is 41.6 Å². The van der Waals surface area contributed by atoms with Crippen LogP contribution in [-0.4, -0.2) is 92.3 Å². The Kier molecular flexibility index (Phi) is 6.98. The summed E-state index contributed by atoms with van der Waals surface area (Å²) in [6.07, 6.45) is 0.603. The maximum atomic E-state index is 13.4. The molecule has 0 spiro atoms. The van der Waals surface area contributed by atoms with Crippen molar-refractivity contribution in [2.75, 3.05) is 32.9 Å². The summed E-state index contributed by atoms with van der Waals surface area (Å²) in [4.78, 5) is 47.1. The second-order valence-electron chi connectivity index (χ2n) is 11.6. The summed E-state index contributed by atoms with van der Waals surface area (Å²) in [5, 5.41) is 14.8. The monoisotopic (exact) mass is 605 g/mol. The molecule has 1 saturated heterocycles. The zero-order valence-corrected chi connectivity index (χ0v) is 24.1. The van der Waals surface area contributed by atoms with E-state index in [-0.39, 0.29) is 25.2 Å². The average molecular weight is 606 g/mol. The second kappa shape index (κ2) is 11.0. The fourth-order valence-corrected chi connectivity index (χ4v) is 6.06. The largest absolute Gasteiger partial charge is 0.487 e. The van der Waals surface area contributed by atoms with E-state index in [4.69, 9.17) is 24.5 Å². The standard InChI is InChI=1S/C30H32FN7O6/c1-36-26-22(10-20-21(34-26)7-8-37(28(20)39)14-18(11-31)33-29(40)41)35-27(36)23-9-17-3-2-4-24(25(17)38(23)13-16-5-6-16)43-15-19-12-32-30(42)44-19/h2-4,9-10,16,18-19,33H,5-8,11-15H2,1H3,(H,32,42)(H,40,41)/t18?,19-/m0/s1. The van der Waals surface area contributed by atoms with E-state index in [1.165, 1.54) is 4.90 Å². The van der Waals surface area contributed by atoms with E-state index in [0.29, 0.717) is 59.4 Å². The Morgan fingerprint density at radius 2 is 2.11 bits per heavy atom. The highest BCUT2D eigenvalue weighted by molar-refractivity contribution is 5.99. The molecule has 7 rings (SSSR count). The number of ether oxygens (including phenoxy) is 2. The van der Waals surface area contributed by atoms with Crippen LogP contribution >= 0.6 is 0 Å². The Morgan fingerprint density at radius 3 is 2.84 bits per heavy atom. The molecule has 44 heavy (non-hydrogen) atoms. The number of cyclic esters (lactones) is 1. The van der Waals surface area contributed by atoms with Gasteiger partial charge in [-0.3, -0.25) is 4.79 Å². The molecule has 13 nitrogen and oxygen atoms in total. The molecule has 1 unspecified atom stereocenters. The summed E-state index contributed by atoms with van der Waals surface area (Å²) >= 11 is 0. The number of hydrogen-bond donors (Lipinski definition) is 3. The minimum Gasteiger partial charge on any atom is -0.487 e. The molecule has 4 aromatic rings. The number of aryl methyl sites for hydroxylation is 1. The molecule has 14 heteroatoms. The van der Waals surface area contributed by atoms with Crippen LogP contribution in [0.3, 0.4) is 0 Å². The number of nitrogens with one attached hydrogen (secondary N) is 2. The van der Waals surface area contributed by atoms with E-state index >= 15 is 0 Å². The topological polar surface area (TPSA) is 153 Å². The van der Waals surface area contributed by atoms with Crippen LogP contribution in [0.1, 0.15) is 28.9 Å². The smallest absolute Gasteiger partial charge is 0.407 e. The van der Waals surface area contributed by atoms with Crippen molar-refractivity contribution in [3.63, 3.8) is 0 Å². The number of hydrogen-bond acceptors (Lipinski definition) is 7. The van der Waals surface area contributed by atoms with Crippen molar-refractivity contribution in [1.29, 1.82) is 0 Å². The first kappa shape index (κ1) is 27.9. The quantitative estimate of drug-likeness (QED) is 0.249. The highest BCUT2D eigenvalue weighted by Crippen LogP contribution is 2.39. The molecule has 1 aromatic carbocycles. The van der Waals surface area contributed by atoms with E-state index in [2.05, 4.69) is 21.3 Å². The molecule has 3 aromatic heterocycles. The molecule has 2 aliphatic heterocycles. The molecular formula is C30H32FN7O6. The van der Waals surface area contributed by atoms with Crippen LogP contribution in [0.15, 0.2) is 30.3 Å². The molecule has 0 bridgehead atoms. The number of para-hydroxylation sites is 1. The van der Waals surface area contributed by atoms with Gasteiger partial charge in [0.25, 0.3) is 5.91 Å². The highest BCUT2D eigenvalue weighted by Gasteiger charge is 2.31. The number of carbonyl (C=O) groups excluding carboxylic acids is 2. The number of alkyl carbamates (subject to hydrolysis) is 1. The Hall–Kier alpha value is -4.88. The Bertz CT molecular complexity index is 1800. The number of amides is 3. The van der Waals surface area contributed by atoms with Gasteiger partial charge in [0.1, 0.15) is 24.5 Å². The fourth-order valence-electron chi connectivity index (χ4n) is 6.06. The predicted octanol–water partition coefficient (Wildman–Crippen LogP) is 3.09. The van der Waals surface area contributed by atoms with Crippen LogP contribution in [0.5, 0.6) is 5.75 Å². The number of halogens is 1. The van der Waals surface area contributed by atoms with Crippen molar-refractivity contribution in [3.8, 4) is 17.3 Å². The molecule has 2 fully saturated rings. The third-order valence-electron chi connectivity index (χ3n) is 8.44. The predicted molar refractivity (Wildman–Crippen MR) is 156 cm³/mol. The number of carbonyl (C=O) groups is 3. The zero-order valence-electron chi connectivity index (χ0n) is 24.1. The molecule has 3 aliphatic rings. The first-order chi connectivity index (χ1) is 21.3. The summed E-state index contributed by atoms with van der Waals surface area (Å²) in [7, 11) is 1.91. The Morgan fingerprint density at radius 1 is 1.27 bits per heavy atom. The molecule has 2 atom stereocenters. The maximum absolute atomic E-state index is 13.4. The van der Waals surface area contributed by atoms with E-state index in [0.717, 1.165) is 36.0 Å². The van der Waals surface area contributed by atoms with Gasteiger partial charge < -0.3 is 39.2 Å². The van der Waals surface area contributed by atoms with Gasteiger partial charge in [-0.1, -0.05) is 12.1 Å². The first-order valence-corrected chi connectivity index (χ1v) is 14.7. The number of aromatic nitrogens is 4. The van der Waals surface area contributed by atoms with Gasteiger partial charge in [-0.05, 0) is 37.0 Å². The molecular weight excluding hydrogens is 573 g/mol. The number of nitrogens with zero attached hydrogens (tertiary/aromatic N) is 5. The third kappa shape index (κ3) is 5.13. The molecule has 3 N–H and O–H groups in total. The lowest BCUT2D eigenvalue weighted by Gasteiger charge is -2.30. The van der Waals surface area contributed by atoms with Gasteiger partial charge in [0, 0.05) is 38.5 Å². The molecule has 5 heterocycles. The van der Waals surface area contributed by atoms with Crippen LogP contribution in [0, 0.1) is 5.92 Å². The maximum Gasteiger partial charge on any atom is 0.407 e. The number of fused-ring (bicyclic) bond motifs is 3. The number of rotatable bonds is 10. The van der Waals surface area contributed by atoms with E-state index in [9.17, 15) is 18.8 Å². The van der Waals surface area contributed by atoms with Crippen molar-refractivity contribution in [2.24, 2.45) is 13.0 Å². The second-order valence-corrected chi connectivity index (χ2v) is 11.6. The van der Waals surface area contributed by atoms with Gasteiger partial charge in [0.2, 0.25) is 0 Å². The molecule has 1 saturated carbocycles. The van der Waals surface area contributed by atoms with Crippen molar-refractivity contribution in [1.82, 2.24) is 34.6 Å². The molecule has 230 valence electrons. The number of pyridine rings is 1.